The van der Waals surface area contributed by atoms with Gasteiger partial charge in [-0.15, -0.1) is 0 Å². The molecule has 0 bridgehead atoms. The predicted molar refractivity (Wildman–Crippen MR) is 52.8 cm³/mol. The fourth-order valence-electron chi connectivity index (χ4n) is 1.21. The molecule has 0 N–H and O–H groups in total. The second-order valence-corrected chi connectivity index (χ2v) is 3.02. The molecule has 0 spiro atoms. The second-order valence-electron chi connectivity index (χ2n) is 3.02. The number of nitrogens with zero attached hydrogens (tertiary/aromatic N) is 1. The summed E-state index contributed by atoms with van der Waals surface area (Å²) >= 11 is 0. The Bertz CT molecular complexity index is 334. The number of nitro groups is 1. The van der Waals surface area contributed by atoms with E-state index in [9.17, 15) is 14.9 Å². The summed E-state index contributed by atoms with van der Waals surface area (Å²) in [7, 11) is 0. The average molecular weight is 209 g/mol. The fraction of sp³-hybridized carbons (Fsp3) is 0.300. The molecule has 15 heavy (non-hydrogen) atoms. The van der Waals surface area contributed by atoms with Crippen LogP contribution in [0.3, 0.4) is 0 Å². The van der Waals surface area contributed by atoms with Crippen LogP contribution < -0.4 is 0 Å². The van der Waals surface area contributed by atoms with Gasteiger partial charge in [-0.2, -0.15) is 0 Å². The first-order valence-electron chi connectivity index (χ1n) is 4.43. The van der Waals surface area contributed by atoms with E-state index in [4.69, 9.17) is 4.74 Å². The van der Waals surface area contributed by atoms with Crippen LogP contribution in [0.25, 0.3) is 0 Å². The molecule has 0 saturated heterocycles. The minimum Gasteiger partial charge on any atom is -0.451 e. The van der Waals surface area contributed by atoms with Gasteiger partial charge in [0.1, 0.15) is 0 Å². The lowest BCUT2D eigenvalue weighted by Crippen LogP contribution is -2.17. The van der Waals surface area contributed by atoms with E-state index in [0.717, 1.165) is 0 Å². The van der Waals surface area contributed by atoms with E-state index >= 15 is 0 Å². The number of hydrogen-bond donors (Lipinski definition) is 0. The lowest BCUT2D eigenvalue weighted by Gasteiger charge is -2.12. The van der Waals surface area contributed by atoms with Gasteiger partial charge in [-0.1, -0.05) is 30.3 Å². The Morgan fingerprint density at radius 2 is 2.07 bits per heavy atom. The molecule has 80 valence electrons. The summed E-state index contributed by atoms with van der Waals surface area (Å²) in [4.78, 5) is 20.6. The highest BCUT2D eigenvalue weighted by Crippen LogP contribution is 2.17. The van der Waals surface area contributed by atoms with E-state index in [0.29, 0.717) is 5.56 Å². The van der Waals surface area contributed by atoms with E-state index in [-0.39, 0.29) is 0 Å². The fourth-order valence-corrected chi connectivity index (χ4v) is 1.21. The van der Waals surface area contributed by atoms with Gasteiger partial charge in [0, 0.05) is 11.8 Å². The predicted octanol–water partition coefficient (Wildman–Crippen LogP) is 1.57. The van der Waals surface area contributed by atoms with Crippen LogP contribution in [0.2, 0.25) is 0 Å². The van der Waals surface area contributed by atoms with Gasteiger partial charge >= 0.3 is 5.97 Å². The number of carbonyl (C=O) groups excluding carboxylic acids is 1. The molecule has 1 atom stereocenters. The molecule has 0 saturated carbocycles. The summed E-state index contributed by atoms with van der Waals surface area (Å²) in [6.45, 7) is 0.819. The van der Waals surface area contributed by atoms with Crippen LogP contribution in [0.1, 0.15) is 18.6 Å². The van der Waals surface area contributed by atoms with Gasteiger partial charge in [-0.3, -0.25) is 14.9 Å². The molecule has 0 aliphatic heterocycles. The summed E-state index contributed by atoms with van der Waals surface area (Å²) in [5.41, 5.74) is 0.629. The highest BCUT2D eigenvalue weighted by molar-refractivity contribution is 5.66. The number of carbonyl (C=O) groups is 1. The maximum Gasteiger partial charge on any atom is 0.303 e. The first kappa shape index (κ1) is 11.2. The molecule has 0 aliphatic rings. The van der Waals surface area contributed by atoms with Gasteiger partial charge in [0.2, 0.25) is 6.54 Å². The molecule has 0 heterocycles. The maximum atomic E-state index is 10.8. The van der Waals surface area contributed by atoms with Crippen LogP contribution in [0.15, 0.2) is 30.3 Å². The van der Waals surface area contributed by atoms with Crippen LogP contribution in [0, 0.1) is 10.1 Å². The molecular formula is C10H11NO4. The lowest BCUT2D eigenvalue weighted by molar-refractivity contribution is -0.491. The Morgan fingerprint density at radius 3 is 2.53 bits per heavy atom. The second kappa shape index (κ2) is 5.09. The average Bonchev–Trinajstić information content (AvgIpc) is 2.17. The Morgan fingerprint density at radius 1 is 1.47 bits per heavy atom. The molecule has 5 heteroatoms. The third-order valence-electron chi connectivity index (χ3n) is 1.79. The van der Waals surface area contributed by atoms with Crippen molar-refractivity contribution in [2.75, 3.05) is 6.54 Å². The summed E-state index contributed by atoms with van der Waals surface area (Å²) < 4.78 is 4.87. The van der Waals surface area contributed by atoms with E-state index in [1.807, 2.05) is 0 Å². The smallest absolute Gasteiger partial charge is 0.303 e. The van der Waals surface area contributed by atoms with Crippen molar-refractivity contribution in [3.63, 3.8) is 0 Å². The van der Waals surface area contributed by atoms with Gasteiger partial charge in [0.25, 0.3) is 0 Å². The number of esters is 1. The van der Waals surface area contributed by atoms with Crippen LogP contribution in [-0.2, 0) is 9.53 Å². The van der Waals surface area contributed by atoms with E-state index in [1.54, 1.807) is 30.3 Å². The molecule has 0 radical (unpaired) electrons. The molecular weight excluding hydrogens is 198 g/mol. The summed E-state index contributed by atoms with van der Waals surface area (Å²) in [5, 5.41) is 10.4. The van der Waals surface area contributed by atoms with Crippen molar-refractivity contribution in [2.24, 2.45) is 0 Å². The Balaban J connectivity index is 2.81. The van der Waals surface area contributed by atoms with Crippen molar-refractivity contribution in [1.82, 2.24) is 0 Å². The lowest BCUT2D eigenvalue weighted by atomic mass is 10.1. The van der Waals surface area contributed by atoms with Crippen molar-refractivity contribution in [2.45, 2.75) is 13.0 Å². The highest BCUT2D eigenvalue weighted by Gasteiger charge is 2.20. The molecule has 0 fully saturated rings. The zero-order valence-electron chi connectivity index (χ0n) is 8.25. The summed E-state index contributed by atoms with van der Waals surface area (Å²) in [6.07, 6.45) is -0.807. The van der Waals surface area contributed by atoms with Crippen LogP contribution in [0.4, 0.5) is 0 Å². The molecule has 5 nitrogen and oxygen atoms in total. The SMILES string of the molecule is CC(=O)O[C@H](C[N+](=O)[O-])c1ccccc1. The summed E-state index contributed by atoms with van der Waals surface area (Å²) in [6, 6.07) is 8.66. The van der Waals surface area contributed by atoms with Gasteiger partial charge < -0.3 is 4.74 Å². The topological polar surface area (TPSA) is 69.4 Å². The zero-order valence-corrected chi connectivity index (χ0v) is 8.25. The monoisotopic (exact) mass is 209 g/mol. The Kier molecular flexibility index (Phi) is 3.79. The van der Waals surface area contributed by atoms with Crippen molar-refractivity contribution in [1.29, 1.82) is 0 Å². The Hall–Kier alpha value is -1.91. The standard InChI is InChI=1S/C10H11NO4/c1-8(12)15-10(7-11(13)14)9-5-3-2-4-6-9/h2-6,10H,7H2,1H3/t10-/m1/s1. The van der Waals surface area contributed by atoms with Gasteiger partial charge in [0.05, 0.1) is 0 Å². The number of rotatable bonds is 4. The first-order chi connectivity index (χ1) is 7.09. The largest absolute Gasteiger partial charge is 0.451 e. The van der Waals surface area contributed by atoms with Crippen molar-refractivity contribution in [3.8, 4) is 0 Å². The Labute approximate surface area is 86.8 Å². The van der Waals surface area contributed by atoms with E-state index in [1.165, 1.54) is 6.92 Å². The molecule has 0 aliphatic carbocycles. The molecule has 0 aromatic heterocycles. The van der Waals surface area contributed by atoms with Crippen molar-refractivity contribution in [3.05, 3.63) is 46.0 Å². The van der Waals surface area contributed by atoms with Gasteiger partial charge in [-0.05, 0) is 5.56 Å². The normalized spacial score (nSPS) is 11.8. The quantitative estimate of drug-likeness (QED) is 0.428. The number of benzene rings is 1. The maximum absolute atomic E-state index is 10.8. The van der Waals surface area contributed by atoms with Crippen LogP contribution >= 0.6 is 0 Å². The minimum absolute atomic E-state index is 0.413. The highest BCUT2D eigenvalue weighted by atomic mass is 16.6. The molecule has 1 aromatic carbocycles. The molecule has 0 unspecified atom stereocenters. The van der Waals surface area contributed by atoms with Gasteiger partial charge in [-0.25, -0.2) is 0 Å². The number of hydrogen-bond acceptors (Lipinski definition) is 4. The van der Waals surface area contributed by atoms with Crippen molar-refractivity contribution < 1.29 is 14.5 Å². The van der Waals surface area contributed by atoms with E-state index < -0.39 is 23.5 Å². The zero-order chi connectivity index (χ0) is 11.3. The minimum atomic E-state index is -0.807. The van der Waals surface area contributed by atoms with Crippen LogP contribution in [0.5, 0.6) is 0 Å². The molecule has 1 rings (SSSR count). The van der Waals surface area contributed by atoms with Gasteiger partial charge in [0.15, 0.2) is 6.10 Å². The third kappa shape index (κ3) is 3.76. The van der Waals surface area contributed by atoms with Crippen molar-refractivity contribution >= 4 is 5.97 Å². The number of ether oxygens (including phenoxy) is 1. The van der Waals surface area contributed by atoms with E-state index in [2.05, 4.69) is 0 Å². The first-order valence-corrected chi connectivity index (χ1v) is 4.43. The molecule has 0 amide bonds. The van der Waals surface area contributed by atoms with Crippen LogP contribution in [-0.4, -0.2) is 17.4 Å². The third-order valence-corrected chi connectivity index (χ3v) is 1.79. The summed E-state index contributed by atoms with van der Waals surface area (Å²) in [5.74, 6) is -0.522. The molecule has 1 aromatic rings.